The van der Waals surface area contributed by atoms with Crippen molar-refractivity contribution in [3.05, 3.63) is 35.4 Å². The molecular formula is C11H11N5O2. The number of aromatic amines is 1. The molecule has 0 spiro atoms. The third-order valence-electron chi connectivity index (χ3n) is 2.70. The number of nitrogens with zero attached hydrogens (tertiary/aromatic N) is 3. The molecule has 92 valence electrons. The smallest absolute Gasteiger partial charge is 0.278 e. The maximum atomic E-state index is 12.0. The van der Waals surface area contributed by atoms with Gasteiger partial charge in [-0.15, -0.1) is 0 Å². The molecule has 0 saturated heterocycles. The number of aromatic nitrogens is 4. The fourth-order valence-electron chi connectivity index (χ4n) is 1.82. The molecule has 0 atom stereocenters. The van der Waals surface area contributed by atoms with Gasteiger partial charge in [-0.1, -0.05) is 0 Å². The van der Waals surface area contributed by atoms with Gasteiger partial charge in [0, 0.05) is 30.1 Å². The van der Waals surface area contributed by atoms with Gasteiger partial charge in [-0.25, -0.2) is 9.97 Å². The Labute approximate surface area is 103 Å². The van der Waals surface area contributed by atoms with E-state index >= 15 is 0 Å². The molecule has 1 aliphatic rings. The fourth-order valence-corrected chi connectivity index (χ4v) is 1.82. The monoisotopic (exact) mass is 245 g/mol. The number of rotatable bonds is 2. The zero-order valence-corrected chi connectivity index (χ0v) is 9.51. The first-order valence-corrected chi connectivity index (χ1v) is 5.57. The summed E-state index contributed by atoms with van der Waals surface area (Å²) in [5.74, 6) is -0.0693. The van der Waals surface area contributed by atoms with Gasteiger partial charge in [0.1, 0.15) is 0 Å². The third kappa shape index (κ3) is 1.95. The summed E-state index contributed by atoms with van der Waals surface area (Å²) in [6.45, 7) is 1.06. The lowest BCUT2D eigenvalue weighted by Crippen LogP contribution is -2.18. The molecule has 2 aromatic rings. The van der Waals surface area contributed by atoms with Crippen molar-refractivity contribution in [3.63, 3.8) is 0 Å². The van der Waals surface area contributed by atoms with E-state index in [-0.39, 0.29) is 11.9 Å². The van der Waals surface area contributed by atoms with Crippen molar-refractivity contribution in [2.45, 2.75) is 13.0 Å². The summed E-state index contributed by atoms with van der Waals surface area (Å²) in [5.41, 5.74) is 2.12. The predicted molar refractivity (Wildman–Crippen MR) is 61.9 cm³/mol. The Morgan fingerprint density at radius 3 is 3.06 bits per heavy atom. The average Bonchev–Trinajstić information content (AvgIpc) is 2.84. The lowest BCUT2D eigenvalue weighted by molar-refractivity contribution is 0.0984. The third-order valence-corrected chi connectivity index (χ3v) is 2.70. The summed E-state index contributed by atoms with van der Waals surface area (Å²) >= 11 is 0. The van der Waals surface area contributed by atoms with Gasteiger partial charge in [-0.05, 0) is 6.07 Å². The van der Waals surface area contributed by atoms with Crippen molar-refractivity contribution in [2.75, 3.05) is 11.9 Å². The number of H-pyrrole nitrogens is 1. The number of carbonyl (C=O) groups is 1. The number of ether oxygens (including phenoxy) is 1. The fraction of sp³-hybridized carbons (Fsp3) is 0.273. The minimum Gasteiger partial charge on any atom is -0.376 e. The molecule has 0 aromatic carbocycles. The number of hydrogen-bond donors (Lipinski definition) is 2. The van der Waals surface area contributed by atoms with E-state index < -0.39 is 0 Å². The van der Waals surface area contributed by atoms with Crippen LogP contribution >= 0.6 is 0 Å². The van der Waals surface area contributed by atoms with Gasteiger partial charge < -0.3 is 4.74 Å². The quantitative estimate of drug-likeness (QED) is 0.804. The normalized spacial score (nSPS) is 14.0. The molecule has 3 rings (SSSR count). The number of fused-ring (bicyclic) bond motifs is 1. The van der Waals surface area contributed by atoms with Crippen LogP contribution in [0.4, 0.5) is 5.95 Å². The van der Waals surface area contributed by atoms with Crippen molar-refractivity contribution in [1.82, 2.24) is 20.2 Å². The number of amides is 1. The number of carbonyl (C=O) groups excluding carboxylic acids is 1. The summed E-state index contributed by atoms with van der Waals surface area (Å²) in [5, 5.41) is 9.48. The van der Waals surface area contributed by atoms with Crippen LogP contribution in [-0.2, 0) is 17.8 Å². The van der Waals surface area contributed by atoms with Crippen LogP contribution < -0.4 is 5.32 Å². The molecule has 0 saturated carbocycles. The minimum atomic E-state index is -0.329. The highest BCUT2D eigenvalue weighted by Crippen LogP contribution is 2.18. The van der Waals surface area contributed by atoms with Crippen LogP contribution in [0.3, 0.4) is 0 Å². The highest BCUT2D eigenvalue weighted by molar-refractivity contribution is 6.03. The standard InChI is InChI=1S/C11H11N5O2/c17-10(14-11-12-3-1-4-13-11)9-7-6-18-5-2-8(7)15-16-9/h1,3-4H,2,5-6H2,(H,15,16)(H,12,13,14,17). The summed E-state index contributed by atoms with van der Waals surface area (Å²) in [4.78, 5) is 19.9. The molecule has 7 heteroatoms. The Bertz CT molecular complexity index is 566. The van der Waals surface area contributed by atoms with Crippen LogP contribution in [0.25, 0.3) is 0 Å². The maximum Gasteiger partial charge on any atom is 0.278 e. The summed E-state index contributed by atoms with van der Waals surface area (Å²) in [6.07, 6.45) is 3.87. The van der Waals surface area contributed by atoms with E-state index in [0.29, 0.717) is 18.9 Å². The average molecular weight is 245 g/mol. The SMILES string of the molecule is O=C(Nc1ncccn1)c1n[nH]c2c1COCC2. The van der Waals surface area contributed by atoms with Gasteiger partial charge in [-0.2, -0.15) is 5.10 Å². The van der Waals surface area contributed by atoms with Crippen molar-refractivity contribution >= 4 is 11.9 Å². The van der Waals surface area contributed by atoms with E-state index in [1.54, 1.807) is 18.5 Å². The van der Waals surface area contributed by atoms with Crippen LogP contribution in [0.2, 0.25) is 0 Å². The van der Waals surface area contributed by atoms with Crippen molar-refractivity contribution in [3.8, 4) is 0 Å². The zero-order valence-electron chi connectivity index (χ0n) is 9.51. The Morgan fingerprint density at radius 1 is 1.39 bits per heavy atom. The molecule has 0 radical (unpaired) electrons. The lowest BCUT2D eigenvalue weighted by atomic mass is 10.1. The molecule has 2 aromatic heterocycles. The Balaban J connectivity index is 1.83. The van der Waals surface area contributed by atoms with Crippen LogP contribution in [0, 0.1) is 0 Å². The molecule has 0 unspecified atom stereocenters. The molecule has 18 heavy (non-hydrogen) atoms. The molecule has 7 nitrogen and oxygen atoms in total. The van der Waals surface area contributed by atoms with Gasteiger partial charge in [0.2, 0.25) is 5.95 Å². The Kier molecular flexibility index (Phi) is 2.73. The molecule has 3 heterocycles. The van der Waals surface area contributed by atoms with Crippen LogP contribution in [-0.4, -0.2) is 32.7 Å². The second-order valence-electron chi connectivity index (χ2n) is 3.86. The van der Waals surface area contributed by atoms with Crippen molar-refractivity contribution in [1.29, 1.82) is 0 Å². The van der Waals surface area contributed by atoms with Crippen LogP contribution in [0.1, 0.15) is 21.7 Å². The Hall–Kier alpha value is -2.28. The summed E-state index contributed by atoms with van der Waals surface area (Å²) in [7, 11) is 0. The van der Waals surface area contributed by atoms with E-state index in [9.17, 15) is 4.79 Å². The highest BCUT2D eigenvalue weighted by atomic mass is 16.5. The zero-order chi connectivity index (χ0) is 12.4. The first-order chi connectivity index (χ1) is 8.84. The molecule has 1 aliphatic heterocycles. The van der Waals surface area contributed by atoms with Crippen LogP contribution in [0.5, 0.6) is 0 Å². The number of nitrogens with one attached hydrogen (secondary N) is 2. The van der Waals surface area contributed by atoms with E-state index in [0.717, 1.165) is 17.7 Å². The van der Waals surface area contributed by atoms with Crippen LogP contribution in [0.15, 0.2) is 18.5 Å². The van der Waals surface area contributed by atoms with E-state index in [2.05, 4.69) is 25.5 Å². The van der Waals surface area contributed by atoms with Crippen molar-refractivity contribution < 1.29 is 9.53 Å². The van der Waals surface area contributed by atoms with Gasteiger partial charge in [0.15, 0.2) is 5.69 Å². The molecule has 1 amide bonds. The molecule has 2 N–H and O–H groups in total. The Morgan fingerprint density at radius 2 is 2.22 bits per heavy atom. The van der Waals surface area contributed by atoms with Gasteiger partial charge >= 0.3 is 0 Å². The molecular weight excluding hydrogens is 234 g/mol. The number of anilines is 1. The van der Waals surface area contributed by atoms with E-state index in [1.165, 1.54) is 0 Å². The van der Waals surface area contributed by atoms with Gasteiger partial charge in [0.25, 0.3) is 5.91 Å². The van der Waals surface area contributed by atoms with E-state index in [1.807, 2.05) is 0 Å². The lowest BCUT2D eigenvalue weighted by Gasteiger charge is -2.11. The topological polar surface area (TPSA) is 92.8 Å². The summed E-state index contributed by atoms with van der Waals surface area (Å²) in [6, 6.07) is 1.68. The highest BCUT2D eigenvalue weighted by Gasteiger charge is 2.22. The number of hydrogen-bond acceptors (Lipinski definition) is 5. The first kappa shape index (κ1) is 10.8. The molecule has 0 aliphatic carbocycles. The molecule has 0 fully saturated rings. The van der Waals surface area contributed by atoms with Crippen molar-refractivity contribution in [2.24, 2.45) is 0 Å². The second kappa shape index (κ2) is 4.53. The minimum absolute atomic E-state index is 0.260. The van der Waals surface area contributed by atoms with E-state index in [4.69, 9.17) is 4.74 Å². The first-order valence-electron chi connectivity index (χ1n) is 5.57. The predicted octanol–water partition coefficient (Wildman–Crippen LogP) is 0.525. The largest absolute Gasteiger partial charge is 0.376 e. The summed E-state index contributed by atoms with van der Waals surface area (Å²) < 4.78 is 5.32. The second-order valence-corrected chi connectivity index (χ2v) is 3.86. The molecule has 0 bridgehead atoms. The van der Waals surface area contributed by atoms with Gasteiger partial charge in [0.05, 0.1) is 13.2 Å². The van der Waals surface area contributed by atoms with Gasteiger partial charge in [-0.3, -0.25) is 15.2 Å². The maximum absolute atomic E-state index is 12.0.